The van der Waals surface area contributed by atoms with Crippen molar-refractivity contribution in [2.45, 2.75) is 32.0 Å². The van der Waals surface area contributed by atoms with E-state index in [1.54, 1.807) is 12.4 Å². The SMILES string of the molecule is FC(F)(F)c1cc2n(CC3CCC3)ccn2n1. The number of rotatable bonds is 2. The fourth-order valence-electron chi connectivity index (χ4n) is 2.18. The number of fused-ring (bicyclic) bond motifs is 1. The number of nitrogens with zero attached hydrogens (tertiary/aromatic N) is 3. The zero-order chi connectivity index (χ0) is 12.0. The normalized spacial score (nSPS) is 17.6. The molecule has 92 valence electrons. The lowest BCUT2D eigenvalue weighted by atomic mass is 9.85. The summed E-state index contributed by atoms with van der Waals surface area (Å²) in [7, 11) is 0. The topological polar surface area (TPSA) is 22.2 Å². The first kappa shape index (κ1) is 10.7. The minimum absolute atomic E-state index is 0.518. The number of aromatic nitrogens is 3. The second kappa shape index (κ2) is 3.51. The number of halogens is 3. The van der Waals surface area contributed by atoms with Crippen molar-refractivity contribution in [3.05, 3.63) is 24.2 Å². The van der Waals surface area contributed by atoms with Crippen molar-refractivity contribution >= 4 is 5.65 Å². The summed E-state index contributed by atoms with van der Waals surface area (Å²) in [5, 5.41) is 3.53. The molecular weight excluding hydrogens is 231 g/mol. The highest BCUT2D eigenvalue weighted by molar-refractivity contribution is 5.41. The van der Waals surface area contributed by atoms with Gasteiger partial charge in [-0.25, -0.2) is 4.52 Å². The average molecular weight is 243 g/mol. The first-order valence-electron chi connectivity index (χ1n) is 5.66. The first-order valence-corrected chi connectivity index (χ1v) is 5.66. The minimum atomic E-state index is -4.37. The maximum absolute atomic E-state index is 12.5. The van der Waals surface area contributed by atoms with Gasteiger partial charge in [0.2, 0.25) is 0 Å². The van der Waals surface area contributed by atoms with Gasteiger partial charge in [-0.3, -0.25) is 0 Å². The molecule has 3 nitrogen and oxygen atoms in total. The van der Waals surface area contributed by atoms with Gasteiger partial charge in [-0.1, -0.05) is 6.42 Å². The molecular formula is C11H12F3N3. The maximum Gasteiger partial charge on any atom is 0.435 e. The summed E-state index contributed by atoms with van der Waals surface area (Å²) in [6.07, 6.45) is 2.57. The Balaban J connectivity index is 1.93. The van der Waals surface area contributed by atoms with E-state index in [2.05, 4.69) is 5.10 Å². The van der Waals surface area contributed by atoms with Gasteiger partial charge in [-0.15, -0.1) is 0 Å². The van der Waals surface area contributed by atoms with Crippen LogP contribution in [-0.2, 0) is 12.7 Å². The molecule has 1 fully saturated rings. The predicted octanol–water partition coefficient (Wildman–Crippen LogP) is 2.95. The molecule has 2 aromatic heterocycles. The standard InChI is InChI=1S/C11H12F3N3/c12-11(13,14)9-6-10-16(4-5-17(10)15-9)7-8-2-1-3-8/h4-6,8H,1-3,7H2. The van der Waals surface area contributed by atoms with Crippen molar-refractivity contribution in [1.82, 2.24) is 14.2 Å². The highest BCUT2D eigenvalue weighted by Gasteiger charge is 2.34. The Morgan fingerprint density at radius 2 is 2.06 bits per heavy atom. The van der Waals surface area contributed by atoms with Crippen LogP contribution >= 0.6 is 0 Å². The Labute approximate surface area is 95.8 Å². The molecule has 0 saturated heterocycles. The largest absolute Gasteiger partial charge is 0.435 e. The molecule has 0 unspecified atom stereocenters. The third-order valence-electron chi connectivity index (χ3n) is 3.37. The van der Waals surface area contributed by atoms with Crippen LogP contribution in [-0.4, -0.2) is 14.2 Å². The summed E-state index contributed by atoms with van der Waals surface area (Å²) in [5.41, 5.74) is -0.306. The third-order valence-corrected chi connectivity index (χ3v) is 3.37. The van der Waals surface area contributed by atoms with Crippen LogP contribution in [0, 0.1) is 5.92 Å². The Morgan fingerprint density at radius 1 is 1.29 bits per heavy atom. The first-order chi connectivity index (χ1) is 8.04. The van der Waals surface area contributed by atoms with Crippen LogP contribution in [0.15, 0.2) is 18.5 Å². The van der Waals surface area contributed by atoms with Gasteiger partial charge in [0.15, 0.2) is 5.69 Å². The molecule has 0 N–H and O–H groups in total. The van der Waals surface area contributed by atoms with E-state index in [0.717, 1.165) is 12.6 Å². The lowest BCUT2D eigenvalue weighted by Crippen LogP contribution is -2.17. The molecule has 2 heterocycles. The van der Waals surface area contributed by atoms with Crippen LogP contribution in [0.5, 0.6) is 0 Å². The van der Waals surface area contributed by atoms with E-state index in [0.29, 0.717) is 11.6 Å². The van der Waals surface area contributed by atoms with Gasteiger partial charge >= 0.3 is 6.18 Å². The van der Waals surface area contributed by atoms with Crippen molar-refractivity contribution < 1.29 is 13.2 Å². The number of imidazole rings is 1. The van der Waals surface area contributed by atoms with Gasteiger partial charge in [0, 0.05) is 25.0 Å². The molecule has 0 bridgehead atoms. The van der Waals surface area contributed by atoms with Gasteiger partial charge in [-0.2, -0.15) is 18.3 Å². The Kier molecular flexibility index (Phi) is 2.21. The quantitative estimate of drug-likeness (QED) is 0.794. The van der Waals surface area contributed by atoms with E-state index in [9.17, 15) is 13.2 Å². The second-order valence-corrected chi connectivity index (χ2v) is 4.58. The van der Waals surface area contributed by atoms with Crippen LogP contribution in [0.25, 0.3) is 5.65 Å². The highest BCUT2D eigenvalue weighted by Crippen LogP contribution is 2.31. The Bertz CT molecular complexity index is 534. The second-order valence-electron chi connectivity index (χ2n) is 4.58. The van der Waals surface area contributed by atoms with Gasteiger partial charge in [0.1, 0.15) is 5.65 Å². The summed E-state index contributed by atoms with van der Waals surface area (Å²) < 4.78 is 40.6. The summed E-state index contributed by atoms with van der Waals surface area (Å²) in [4.78, 5) is 0. The summed E-state index contributed by atoms with van der Waals surface area (Å²) in [6, 6.07) is 1.11. The monoisotopic (exact) mass is 243 g/mol. The zero-order valence-electron chi connectivity index (χ0n) is 9.11. The maximum atomic E-state index is 12.5. The van der Waals surface area contributed by atoms with Crippen molar-refractivity contribution in [2.75, 3.05) is 0 Å². The molecule has 17 heavy (non-hydrogen) atoms. The van der Waals surface area contributed by atoms with Crippen LogP contribution in [0.4, 0.5) is 13.2 Å². The van der Waals surface area contributed by atoms with E-state index < -0.39 is 11.9 Å². The van der Waals surface area contributed by atoms with Crippen LogP contribution in [0.2, 0.25) is 0 Å². The van der Waals surface area contributed by atoms with Gasteiger partial charge in [-0.05, 0) is 18.8 Å². The minimum Gasteiger partial charge on any atom is -0.331 e. The predicted molar refractivity (Wildman–Crippen MR) is 55.5 cm³/mol. The summed E-state index contributed by atoms with van der Waals surface area (Å²) >= 11 is 0. The van der Waals surface area contributed by atoms with E-state index in [1.807, 2.05) is 4.57 Å². The Morgan fingerprint density at radius 3 is 2.65 bits per heavy atom. The summed E-state index contributed by atoms with van der Waals surface area (Å²) in [6.45, 7) is 0.791. The van der Waals surface area contributed by atoms with E-state index in [4.69, 9.17) is 0 Å². The van der Waals surface area contributed by atoms with Crippen LogP contribution < -0.4 is 0 Å². The molecule has 0 aromatic carbocycles. The smallest absolute Gasteiger partial charge is 0.331 e. The zero-order valence-corrected chi connectivity index (χ0v) is 9.11. The van der Waals surface area contributed by atoms with Crippen LogP contribution in [0.3, 0.4) is 0 Å². The fourth-order valence-corrected chi connectivity index (χ4v) is 2.18. The molecule has 0 spiro atoms. The lowest BCUT2D eigenvalue weighted by molar-refractivity contribution is -0.141. The molecule has 2 aromatic rings. The van der Waals surface area contributed by atoms with Gasteiger partial charge in [0.05, 0.1) is 0 Å². The van der Waals surface area contributed by atoms with E-state index in [1.165, 1.54) is 23.8 Å². The summed E-state index contributed by atoms with van der Waals surface area (Å²) in [5.74, 6) is 0.607. The fraction of sp³-hybridized carbons (Fsp3) is 0.545. The highest BCUT2D eigenvalue weighted by atomic mass is 19.4. The number of alkyl halides is 3. The van der Waals surface area contributed by atoms with Gasteiger partial charge < -0.3 is 4.57 Å². The van der Waals surface area contributed by atoms with E-state index in [-0.39, 0.29) is 0 Å². The lowest BCUT2D eigenvalue weighted by Gasteiger charge is -2.25. The van der Waals surface area contributed by atoms with Gasteiger partial charge in [0.25, 0.3) is 0 Å². The average Bonchev–Trinajstić information content (AvgIpc) is 2.69. The molecule has 0 radical (unpaired) electrons. The van der Waals surface area contributed by atoms with Crippen molar-refractivity contribution in [3.63, 3.8) is 0 Å². The third kappa shape index (κ3) is 1.81. The number of hydrogen-bond acceptors (Lipinski definition) is 1. The molecule has 3 rings (SSSR count). The molecule has 0 aliphatic heterocycles. The van der Waals surface area contributed by atoms with E-state index >= 15 is 0 Å². The van der Waals surface area contributed by atoms with Crippen molar-refractivity contribution in [2.24, 2.45) is 5.92 Å². The van der Waals surface area contributed by atoms with Crippen molar-refractivity contribution in [1.29, 1.82) is 0 Å². The molecule has 1 saturated carbocycles. The van der Waals surface area contributed by atoms with Crippen molar-refractivity contribution in [3.8, 4) is 0 Å². The molecule has 1 aliphatic rings. The molecule has 0 amide bonds. The number of hydrogen-bond donors (Lipinski definition) is 0. The Hall–Kier alpha value is -1.46. The van der Waals surface area contributed by atoms with Crippen LogP contribution in [0.1, 0.15) is 25.0 Å². The molecule has 0 atom stereocenters. The molecule has 1 aliphatic carbocycles. The molecule has 6 heteroatoms.